The zero-order valence-electron chi connectivity index (χ0n) is 16.3. The van der Waals surface area contributed by atoms with Gasteiger partial charge in [-0.05, 0) is 24.3 Å². The van der Waals surface area contributed by atoms with Crippen LogP contribution in [0.15, 0.2) is 36.7 Å². The molecule has 1 aliphatic carbocycles. The van der Waals surface area contributed by atoms with Gasteiger partial charge in [-0.25, -0.2) is 4.98 Å². The Labute approximate surface area is 171 Å². The van der Waals surface area contributed by atoms with Crippen LogP contribution in [0.5, 0.6) is 0 Å². The van der Waals surface area contributed by atoms with Gasteiger partial charge in [0.15, 0.2) is 5.65 Å². The second-order valence-electron chi connectivity index (χ2n) is 7.99. The normalized spacial score (nSPS) is 20.7. The third-order valence-electron chi connectivity index (χ3n) is 5.84. The van der Waals surface area contributed by atoms with E-state index in [0.29, 0.717) is 37.9 Å². The lowest BCUT2D eigenvalue weighted by molar-refractivity contribution is -0.138. The molecular formula is C21H22F3N5O. The van der Waals surface area contributed by atoms with E-state index in [2.05, 4.69) is 15.2 Å². The largest absolute Gasteiger partial charge is 0.421 e. The van der Waals surface area contributed by atoms with E-state index in [1.165, 1.54) is 10.7 Å². The Kier molecular flexibility index (Phi) is 4.94. The molecule has 1 atom stereocenters. The van der Waals surface area contributed by atoms with E-state index in [4.69, 9.17) is 4.74 Å². The maximum Gasteiger partial charge on any atom is 0.421 e. The van der Waals surface area contributed by atoms with Crippen molar-refractivity contribution >= 4 is 5.65 Å². The molecule has 2 aromatic heterocycles. The lowest BCUT2D eigenvalue weighted by Crippen LogP contribution is -2.39. The van der Waals surface area contributed by atoms with Crippen molar-refractivity contribution in [1.29, 1.82) is 0 Å². The van der Waals surface area contributed by atoms with Gasteiger partial charge < -0.3 is 4.74 Å². The van der Waals surface area contributed by atoms with Crippen molar-refractivity contribution in [3.63, 3.8) is 0 Å². The zero-order chi connectivity index (χ0) is 20.7. The number of aromatic nitrogens is 4. The standard InChI is InChI=1S/C21H22F3N5O/c22-21(23,24)19-16(25-13-29-18(10-14-6-7-14)26-27-20(19)29)11-28-8-9-30-12-17(28)15-4-2-1-3-5-15/h1-5,13-14,17H,6-12H2/t17-/m0/s1. The second-order valence-corrected chi connectivity index (χ2v) is 7.99. The number of hydrogen-bond donors (Lipinski definition) is 0. The van der Waals surface area contributed by atoms with Gasteiger partial charge in [-0.15, -0.1) is 10.2 Å². The highest BCUT2D eigenvalue weighted by Crippen LogP contribution is 2.37. The average Bonchev–Trinajstić information content (AvgIpc) is 3.47. The van der Waals surface area contributed by atoms with Crippen LogP contribution in [-0.2, 0) is 23.9 Å². The number of benzene rings is 1. The van der Waals surface area contributed by atoms with E-state index in [1.807, 2.05) is 35.2 Å². The van der Waals surface area contributed by atoms with Crippen LogP contribution < -0.4 is 0 Å². The first-order valence-corrected chi connectivity index (χ1v) is 10.2. The van der Waals surface area contributed by atoms with Gasteiger partial charge in [0.05, 0.1) is 24.9 Å². The van der Waals surface area contributed by atoms with Crippen LogP contribution in [0.4, 0.5) is 13.2 Å². The molecule has 2 fully saturated rings. The first-order chi connectivity index (χ1) is 14.5. The molecule has 3 heterocycles. The molecule has 0 bridgehead atoms. The molecule has 0 unspecified atom stereocenters. The molecule has 1 saturated carbocycles. The monoisotopic (exact) mass is 417 g/mol. The predicted molar refractivity (Wildman–Crippen MR) is 103 cm³/mol. The van der Waals surface area contributed by atoms with Gasteiger partial charge in [0.25, 0.3) is 0 Å². The van der Waals surface area contributed by atoms with Crippen LogP contribution in [-0.4, -0.2) is 44.2 Å². The van der Waals surface area contributed by atoms with Crippen LogP contribution in [0.2, 0.25) is 0 Å². The molecule has 0 amide bonds. The van der Waals surface area contributed by atoms with Crippen LogP contribution in [0.3, 0.4) is 0 Å². The summed E-state index contributed by atoms with van der Waals surface area (Å²) < 4.78 is 49.2. The SMILES string of the molecule is FC(F)(F)c1c(CN2CCOC[C@H]2c2ccccc2)ncn2c(CC3CC3)nnc12. The quantitative estimate of drug-likeness (QED) is 0.634. The highest BCUT2D eigenvalue weighted by molar-refractivity contribution is 5.51. The second kappa shape index (κ2) is 7.63. The Hall–Kier alpha value is -2.52. The molecule has 2 aliphatic rings. The van der Waals surface area contributed by atoms with E-state index >= 15 is 0 Å². The van der Waals surface area contributed by atoms with E-state index in [1.54, 1.807) is 0 Å². The summed E-state index contributed by atoms with van der Waals surface area (Å²) in [4.78, 5) is 6.23. The fraction of sp³-hybridized carbons (Fsp3) is 0.476. The Morgan fingerprint density at radius 2 is 1.90 bits per heavy atom. The number of alkyl halides is 3. The van der Waals surface area contributed by atoms with Gasteiger partial charge in [0.1, 0.15) is 17.7 Å². The number of halogens is 3. The first-order valence-electron chi connectivity index (χ1n) is 10.2. The molecule has 30 heavy (non-hydrogen) atoms. The molecular weight excluding hydrogens is 395 g/mol. The highest BCUT2D eigenvalue weighted by Gasteiger charge is 2.40. The van der Waals surface area contributed by atoms with Gasteiger partial charge in [-0.2, -0.15) is 13.2 Å². The number of rotatable bonds is 5. The minimum Gasteiger partial charge on any atom is -0.378 e. The number of hydrogen-bond acceptors (Lipinski definition) is 5. The van der Waals surface area contributed by atoms with E-state index in [-0.39, 0.29) is 23.9 Å². The Balaban J connectivity index is 1.51. The summed E-state index contributed by atoms with van der Waals surface area (Å²) in [5.74, 6) is 1.04. The van der Waals surface area contributed by atoms with E-state index in [0.717, 1.165) is 18.4 Å². The highest BCUT2D eigenvalue weighted by atomic mass is 19.4. The third kappa shape index (κ3) is 3.79. The minimum absolute atomic E-state index is 0.0248. The number of ether oxygens (including phenoxy) is 1. The van der Waals surface area contributed by atoms with Crippen LogP contribution in [0, 0.1) is 5.92 Å². The Morgan fingerprint density at radius 1 is 1.10 bits per heavy atom. The maximum atomic E-state index is 14.1. The van der Waals surface area contributed by atoms with Crippen molar-refractivity contribution in [3.05, 3.63) is 59.3 Å². The number of nitrogens with zero attached hydrogens (tertiary/aromatic N) is 5. The van der Waals surface area contributed by atoms with Crippen molar-refractivity contribution in [2.24, 2.45) is 5.92 Å². The number of morpholine rings is 1. The van der Waals surface area contributed by atoms with Crippen molar-refractivity contribution < 1.29 is 17.9 Å². The molecule has 3 aromatic rings. The summed E-state index contributed by atoms with van der Waals surface area (Å²) in [6.07, 6.45) is -0.313. The summed E-state index contributed by atoms with van der Waals surface area (Å²) >= 11 is 0. The van der Waals surface area contributed by atoms with Gasteiger partial charge in [0.2, 0.25) is 0 Å². The Morgan fingerprint density at radius 3 is 2.63 bits per heavy atom. The summed E-state index contributed by atoms with van der Waals surface area (Å²) in [5.41, 5.74) is 0.0368. The molecule has 158 valence electrons. The van der Waals surface area contributed by atoms with Crippen LogP contribution in [0.1, 0.15) is 41.5 Å². The third-order valence-corrected chi connectivity index (χ3v) is 5.84. The first kappa shape index (κ1) is 19.4. The summed E-state index contributed by atoms with van der Waals surface area (Å²) in [6.45, 7) is 1.51. The van der Waals surface area contributed by atoms with E-state index < -0.39 is 11.7 Å². The molecule has 6 nitrogen and oxygen atoms in total. The predicted octanol–water partition coefficient (Wildman–Crippen LogP) is 3.67. The van der Waals surface area contributed by atoms with Crippen LogP contribution >= 0.6 is 0 Å². The fourth-order valence-corrected chi connectivity index (χ4v) is 4.07. The maximum absolute atomic E-state index is 14.1. The summed E-state index contributed by atoms with van der Waals surface area (Å²) in [5, 5.41) is 7.95. The van der Waals surface area contributed by atoms with Gasteiger partial charge in [0, 0.05) is 19.5 Å². The fourth-order valence-electron chi connectivity index (χ4n) is 4.07. The smallest absolute Gasteiger partial charge is 0.378 e. The van der Waals surface area contributed by atoms with Gasteiger partial charge in [-0.3, -0.25) is 9.30 Å². The molecule has 0 N–H and O–H groups in total. The molecule has 9 heteroatoms. The minimum atomic E-state index is -4.57. The van der Waals surface area contributed by atoms with Crippen molar-refractivity contribution in [1.82, 2.24) is 24.5 Å². The van der Waals surface area contributed by atoms with Crippen LogP contribution in [0.25, 0.3) is 5.65 Å². The molecule has 0 spiro atoms. The summed E-state index contributed by atoms with van der Waals surface area (Å²) in [7, 11) is 0. The Bertz CT molecular complexity index is 1030. The van der Waals surface area contributed by atoms with Crippen molar-refractivity contribution in [2.45, 2.75) is 38.0 Å². The average molecular weight is 417 g/mol. The van der Waals surface area contributed by atoms with Gasteiger partial charge in [-0.1, -0.05) is 30.3 Å². The van der Waals surface area contributed by atoms with Crippen molar-refractivity contribution in [2.75, 3.05) is 19.8 Å². The molecule has 0 radical (unpaired) electrons. The molecule has 1 saturated heterocycles. The summed E-state index contributed by atoms with van der Waals surface area (Å²) in [6, 6.07) is 9.57. The topological polar surface area (TPSA) is 55.5 Å². The van der Waals surface area contributed by atoms with Crippen molar-refractivity contribution in [3.8, 4) is 0 Å². The molecule has 5 rings (SSSR count). The molecule has 1 aromatic carbocycles. The van der Waals surface area contributed by atoms with E-state index in [9.17, 15) is 13.2 Å². The molecule has 1 aliphatic heterocycles. The zero-order valence-corrected chi connectivity index (χ0v) is 16.3. The lowest BCUT2D eigenvalue weighted by atomic mass is 10.0. The lowest BCUT2D eigenvalue weighted by Gasteiger charge is -2.36. The number of fused-ring (bicyclic) bond motifs is 1. The van der Waals surface area contributed by atoms with Gasteiger partial charge >= 0.3 is 6.18 Å².